The Morgan fingerprint density at radius 2 is 2.09 bits per heavy atom. The average molecular weight is 369 g/mol. The first-order valence-electron chi connectivity index (χ1n) is 7.72. The quantitative estimate of drug-likeness (QED) is 0.839. The first kappa shape index (κ1) is 17.4. The zero-order valence-electron chi connectivity index (χ0n) is 13.3. The highest BCUT2D eigenvalue weighted by atomic mass is 79.9. The van der Waals surface area contributed by atoms with Gasteiger partial charge in [0.2, 0.25) is 5.91 Å². The van der Waals surface area contributed by atoms with Gasteiger partial charge < -0.3 is 15.8 Å². The predicted molar refractivity (Wildman–Crippen MR) is 91.7 cm³/mol. The third-order valence-corrected chi connectivity index (χ3v) is 5.11. The Bertz CT molecular complexity index is 525. The Labute approximate surface area is 140 Å². The number of benzene rings is 1. The first-order chi connectivity index (χ1) is 10.4. The fourth-order valence-corrected chi connectivity index (χ4v) is 3.19. The van der Waals surface area contributed by atoms with Crippen LogP contribution in [0, 0.1) is 5.41 Å². The zero-order chi connectivity index (χ0) is 16.2. The lowest BCUT2D eigenvalue weighted by molar-refractivity contribution is -0.136. The van der Waals surface area contributed by atoms with E-state index in [9.17, 15) is 4.79 Å². The van der Waals surface area contributed by atoms with Gasteiger partial charge in [0.25, 0.3) is 0 Å². The van der Waals surface area contributed by atoms with Gasteiger partial charge >= 0.3 is 0 Å². The van der Waals surface area contributed by atoms with Gasteiger partial charge in [-0.05, 0) is 30.5 Å². The average Bonchev–Trinajstić information content (AvgIpc) is 2.53. The maximum atomic E-state index is 12.6. The normalized spacial score (nSPS) is 18.0. The van der Waals surface area contributed by atoms with E-state index >= 15 is 0 Å². The molecule has 0 saturated carbocycles. The van der Waals surface area contributed by atoms with Crippen LogP contribution in [-0.2, 0) is 14.9 Å². The van der Waals surface area contributed by atoms with Gasteiger partial charge in [-0.3, -0.25) is 4.79 Å². The second-order valence-corrected chi connectivity index (χ2v) is 7.59. The number of rotatable bonds is 5. The molecular weight excluding hydrogens is 344 g/mol. The SMILES string of the molecule is CC(C)(CNC(=O)C1(CN)CCOCC1)c1cccc(Br)c1. The van der Waals surface area contributed by atoms with Crippen molar-refractivity contribution in [3.05, 3.63) is 34.3 Å². The van der Waals surface area contributed by atoms with Crippen molar-refractivity contribution >= 4 is 21.8 Å². The molecule has 0 atom stereocenters. The Morgan fingerprint density at radius 3 is 2.68 bits per heavy atom. The number of ether oxygens (including phenoxy) is 1. The minimum atomic E-state index is -0.467. The highest BCUT2D eigenvalue weighted by Gasteiger charge is 2.39. The van der Waals surface area contributed by atoms with Gasteiger partial charge in [0.15, 0.2) is 0 Å². The van der Waals surface area contributed by atoms with Crippen LogP contribution in [0.1, 0.15) is 32.3 Å². The first-order valence-corrected chi connectivity index (χ1v) is 8.51. The van der Waals surface area contributed by atoms with Crippen LogP contribution in [0.25, 0.3) is 0 Å². The Morgan fingerprint density at radius 1 is 1.41 bits per heavy atom. The number of hydrogen-bond acceptors (Lipinski definition) is 3. The van der Waals surface area contributed by atoms with Gasteiger partial charge in [-0.1, -0.05) is 41.9 Å². The number of nitrogens with one attached hydrogen (secondary N) is 1. The van der Waals surface area contributed by atoms with Crippen molar-refractivity contribution in [1.82, 2.24) is 5.32 Å². The topological polar surface area (TPSA) is 64.4 Å². The zero-order valence-corrected chi connectivity index (χ0v) is 14.9. The molecule has 3 N–H and O–H groups in total. The third kappa shape index (κ3) is 3.89. The number of halogens is 1. The van der Waals surface area contributed by atoms with Crippen LogP contribution in [0.2, 0.25) is 0 Å². The molecule has 22 heavy (non-hydrogen) atoms. The van der Waals surface area contributed by atoms with Crippen molar-refractivity contribution in [1.29, 1.82) is 0 Å². The lowest BCUT2D eigenvalue weighted by Gasteiger charge is -2.36. The summed E-state index contributed by atoms with van der Waals surface area (Å²) in [6.07, 6.45) is 1.40. The molecule has 2 rings (SSSR count). The molecule has 0 radical (unpaired) electrons. The van der Waals surface area contributed by atoms with Gasteiger partial charge in [0.05, 0.1) is 5.41 Å². The van der Waals surface area contributed by atoms with E-state index in [4.69, 9.17) is 10.5 Å². The third-order valence-electron chi connectivity index (χ3n) is 4.62. The second-order valence-electron chi connectivity index (χ2n) is 6.67. The molecule has 5 heteroatoms. The van der Waals surface area contributed by atoms with Crippen LogP contribution in [0.3, 0.4) is 0 Å². The molecule has 0 spiro atoms. The second kappa shape index (κ2) is 7.11. The molecule has 1 fully saturated rings. The van der Waals surface area contributed by atoms with E-state index in [2.05, 4.69) is 47.2 Å². The fourth-order valence-electron chi connectivity index (χ4n) is 2.79. The molecule has 1 heterocycles. The van der Waals surface area contributed by atoms with E-state index in [-0.39, 0.29) is 11.3 Å². The lowest BCUT2D eigenvalue weighted by Crippen LogP contribution is -2.51. The van der Waals surface area contributed by atoms with E-state index < -0.39 is 5.41 Å². The van der Waals surface area contributed by atoms with Crippen molar-refractivity contribution in [3.8, 4) is 0 Å². The van der Waals surface area contributed by atoms with E-state index in [1.165, 1.54) is 5.56 Å². The van der Waals surface area contributed by atoms with Crippen molar-refractivity contribution in [3.63, 3.8) is 0 Å². The minimum absolute atomic E-state index is 0.0568. The van der Waals surface area contributed by atoms with E-state index in [1.807, 2.05) is 12.1 Å². The van der Waals surface area contributed by atoms with Gasteiger partial charge in [-0.25, -0.2) is 0 Å². The van der Waals surface area contributed by atoms with Crippen LogP contribution in [0.4, 0.5) is 0 Å². The summed E-state index contributed by atoms with van der Waals surface area (Å²) in [5, 5.41) is 3.11. The molecule has 1 amide bonds. The van der Waals surface area contributed by atoms with Crippen LogP contribution in [0.5, 0.6) is 0 Å². The van der Waals surface area contributed by atoms with Crippen LogP contribution in [0.15, 0.2) is 28.7 Å². The van der Waals surface area contributed by atoms with Crippen molar-refractivity contribution in [2.75, 3.05) is 26.3 Å². The molecule has 1 saturated heterocycles. The summed E-state index contributed by atoms with van der Waals surface area (Å²) in [4.78, 5) is 12.6. The summed E-state index contributed by atoms with van der Waals surface area (Å²) in [7, 11) is 0. The van der Waals surface area contributed by atoms with Crippen molar-refractivity contribution in [2.45, 2.75) is 32.1 Å². The summed E-state index contributed by atoms with van der Waals surface area (Å²) in [5.41, 5.74) is 6.47. The van der Waals surface area contributed by atoms with Gasteiger partial charge in [0.1, 0.15) is 0 Å². The van der Waals surface area contributed by atoms with Crippen LogP contribution in [-0.4, -0.2) is 32.2 Å². The summed E-state index contributed by atoms with van der Waals surface area (Å²) in [5.74, 6) is 0.0568. The highest BCUT2D eigenvalue weighted by Crippen LogP contribution is 2.30. The van der Waals surface area contributed by atoms with Gasteiger partial charge in [-0.15, -0.1) is 0 Å². The maximum Gasteiger partial charge on any atom is 0.227 e. The minimum Gasteiger partial charge on any atom is -0.381 e. The molecule has 1 aromatic rings. The van der Waals surface area contributed by atoms with E-state index in [0.717, 1.165) is 4.47 Å². The summed E-state index contributed by atoms with van der Waals surface area (Å²) in [6.45, 7) is 6.45. The fraction of sp³-hybridized carbons (Fsp3) is 0.588. The molecule has 0 aliphatic carbocycles. The molecule has 1 aliphatic heterocycles. The number of amides is 1. The lowest BCUT2D eigenvalue weighted by atomic mass is 9.78. The number of carbonyl (C=O) groups is 1. The number of hydrogen-bond donors (Lipinski definition) is 2. The predicted octanol–water partition coefficient (Wildman–Crippen LogP) is 2.60. The van der Waals surface area contributed by atoms with E-state index in [0.29, 0.717) is 39.1 Å². The molecule has 1 aromatic carbocycles. The number of carbonyl (C=O) groups excluding carboxylic acids is 1. The standard InChI is InChI=1S/C17H25BrN2O2/c1-16(2,13-4-3-5-14(18)10-13)12-20-15(21)17(11-19)6-8-22-9-7-17/h3-5,10H,6-9,11-12,19H2,1-2H3,(H,20,21). The smallest absolute Gasteiger partial charge is 0.227 e. The van der Waals surface area contributed by atoms with Crippen molar-refractivity contribution < 1.29 is 9.53 Å². The monoisotopic (exact) mass is 368 g/mol. The van der Waals surface area contributed by atoms with Crippen LogP contribution >= 0.6 is 15.9 Å². The van der Waals surface area contributed by atoms with Crippen LogP contribution < -0.4 is 11.1 Å². The molecular formula is C17H25BrN2O2. The highest BCUT2D eigenvalue weighted by molar-refractivity contribution is 9.10. The Balaban J connectivity index is 2.03. The largest absolute Gasteiger partial charge is 0.381 e. The summed E-state index contributed by atoms with van der Waals surface area (Å²) in [6, 6.07) is 8.20. The Kier molecular flexibility index (Phi) is 5.64. The summed E-state index contributed by atoms with van der Waals surface area (Å²) < 4.78 is 6.41. The molecule has 4 nitrogen and oxygen atoms in total. The number of nitrogens with two attached hydrogens (primary N) is 1. The molecule has 1 aliphatic rings. The maximum absolute atomic E-state index is 12.6. The molecule has 0 bridgehead atoms. The van der Waals surface area contributed by atoms with Gasteiger partial charge in [0, 0.05) is 36.2 Å². The molecule has 122 valence electrons. The van der Waals surface area contributed by atoms with E-state index in [1.54, 1.807) is 0 Å². The molecule has 0 unspecified atom stereocenters. The summed E-state index contributed by atoms with van der Waals surface area (Å²) >= 11 is 3.50. The Hall–Kier alpha value is -0.910. The van der Waals surface area contributed by atoms with Crippen molar-refractivity contribution in [2.24, 2.45) is 11.1 Å². The molecule has 0 aromatic heterocycles. The van der Waals surface area contributed by atoms with Gasteiger partial charge in [-0.2, -0.15) is 0 Å².